The average molecular weight is 450 g/mol. The summed E-state index contributed by atoms with van der Waals surface area (Å²) < 4.78 is 18.6. The maximum absolute atomic E-state index is 13.3. The third-order valence-corrected chi connectivity index (χ3v) is 7.24. The van der Waals surface area contributed by atoms with Crippen LogP contribution in [0, 0.1) is 5.82 Å². The van der Waals surface area contributed by atoms with Crippen molar-refractivity contribution >= 4 is 46.7 Å². The zero-order valence-corrected chi connectivity index (χ0v) is 17.9. The average Bonchev–Trinajstić information content (AvgIpc) is 3.06. The molecule has 2 saturated heterocycles. The number of piperidine rings is 1. The van der Waals surface area contributed by atoms with E-state index >= 15 is 0 Å². The van der Waals surface area contributed by atoms with Crippen molar-refractivity contribution in [3.05, 3.63) is 53.3 Å². The molecule has 2 aromatic carbocycles. The summed E-state index contributed by atoms with van der Waals surface area (Å²) in [6.07, 6.45) is 1.30. The first-order valence-corrected chi connectivity index (χ1v) is 10.9. The van der Waals surface area contributed by atoms with Crippen LogP contribution in [0.15, 0.2) is 42.5 Å². The molecule has 4 rings (SSSR count). The first-order valence-electron chi connectivity index (χ1n) is 9.54. The number of hydrogen-bond acceptors (Lipinski definition) is 4. The number of amides is 3. The van der Waals surface area contributed by atoms with Crippen LogP contribution in [-0.4, -0.2) is 47.7 Å². The quantitative estimate of drug-likeness (QED) is 0.744. The largest absolute Gasteiger partial charge is 0.497 e. The van der Waals surface area contributed by atoms with Crippen LogP contribution in [0.3, 0.4) is 0 Å². The second-order valence-corrected chi connectivity index (χ2v) is 8.96. The van der Waals surface area contributed by atoms with Gasteiger partial charge in [-0.2, -0.15) is 0 Å². The molecule has 2 aromatic rings. The number of carbonyl (C=O) groups is 2. The molecule has 9 heteroatoms. The van der Waals surface area contributed by atoms with E-state index in [1.807, 2.05) is 29.2 Å². The number of nitrogens with one attached hydrogen (secondary N) is 1. The topological polar surface area (TPSA) is 61.9 Å². The molecule has 30 heavy (non-hydrogen) atoms. The number of anilines is 2. The van der Waals surface area contributed by atoms with E-state index in [4.69, 9.17) is 16.3 Å². The van der Waals surface area contributed by atoms with Crippen molar-refractivity contribution in [1.29, 1.82) is 0 Å². The van der Waals surface area contributed by atoms with Crippen LogP contribution >= 0.6 is 23.4 Å². The van der Waals surface area contributed by atoms with E-state index in [-0.39, 0.29) is 21.8 Å². The van der Waals surface area contributed by atoms with Gasteiger partial charge in [0.25, 0.3) is 0 Å². The molecule has 0 unspecified atom stereocenters. The standard InChI is InChI=1S/C21H21ClFN3O3S/c1-29-16-4-2-3-15(12-16)26-19(27)13-30-21(26)7-9-25(10-8-21)20(28)24-14-5-6-18(23)17(22)11-14/h2-6,11-12H,7-10,13H2,1H3,(H,24,28). The summed E-state index contributed by atoms with van der Waals surface area (Å²) in [6, 6.07) is 11.3. The lowest BCUT2D eigenvalue weighted by Gasteiger charge is -2.43. The third-order valence-electron chi connectivity index (χ3n) is 5.44. The normalized spacial score (nSPS) is 18.0. The van der Waals surface area contributed by atoms with Gasteiger partial charge in [0.15, 0.2) is 0 Å². The van der Waals surface area contributed by atoms with Gasteiger partial charge in [-0.05, 0) is 43.2 Å². The smallest absolute Gasteiger partial charge is 0.321 e. The molecule has 2 fully saturated rings. The molecule has 0 atom stereocenters. The van der Waals surface area contributed by atoms with Crippen LogP contribution in [0.4, 0.5) is 20.6 Å². The van der Waals surface area contributed by atoms with E-state index in [1.54, 1.807) is 23.8 Å². The fourth-order valence-electron chi connectivity index (χ4n) is 3.88. The maximum Gasteiger partial charge on any atom is 0.321 e. The second-order valence-electron chi connectivity index (χ2n) is 7.21. The number of likely N-dealkylation sites (tertiary alicyclic amines) is 1. The Balaban J connectivity index is 1.46. The molecule has 158 valence electrons. The van der Waals surface area contributed by atoms with Crippen molar-refractivity contribution in [1.82, 2.24) is 4.90 Å². The van der Waals surface area contributed by atoms with Crippen molar-refractivity contribution in [2.45, 2.75) is 17.7 Å². The number of nitrogens with zero attached hydrogens (tertiary/aromatic N) is 2. The summed E-state index contributed by atoms with van der Waals surface area (Å²) in [5, 5.41) is 2.72. The van der Waals surface area contributed by atoms with Gasteiger partial charge in [0.2, 0.25) is 5.91 Å². The van der Waals surface area contributed by atoms with Gasteiger partial charge in [-0.15, -0.1) is 11.8 Å². The minimum Gasteiger partial charge on any atom is -0.497 e. The zero-order valence-electron chi connectivity index (χ0n) is 16.4. The number of carbonyl (C=O) groups excluding carboxylic acids is 2. The Kier molecular flexibility index (Phi) is 5.79. The minimum absolute atomic E-state index is 0.0415. The molecule has 0 saturated carbocycles. The van der Waals surface area contributed by atoms with Crippen molar-refractivity contribution in [3.63, 3.8) is 0 Å². The van der Waals surface area contributed by atoms with Gasteiger partial charge < -0.3 is 15.0 Å². The van der Waals surface area contributed by atoms with Crippen molar-refractivity contribution < 1.29 is 18.7 Å². The molecule has 1 spiro atoms. The fourth-order valence-corrected chi connectivity index (χ4v) is 5.39. The molecule has 3 amide bonds. The van der Waals surface area contributed by atoms with Crippen molar-refractivity contribution in [3.8, 4) is 5.75 Å². The van der Waals surface area contributed by atoms with Gasteiger partial charge in [-0.1, -0.05) is 17.7 Å². The van der Waals surface area contributed by atoms with E-state index < -0.39 is 5.82 Å². The summed E-state index contributed by atoms with van der Waals surface area (Å²) in [5.74, 6) is 0.640. The number of methoxy groups -OCH3 is 1. The van der Waals surface area contributed by atoms with Crippen LogP contribution in [0.2, 0.25) is 5.02 Å². The number of halogens is 2. The van der Waals surface area contributed by atoms with Gasteiger partial charge in [0.1, 0.15) is 11.6 Å². The minimum atomic E-state index is -0.532. The molecule has 0 bridgehead atoms. The Hall–Kier alpha value is -2.45. The van der Waals surface area contributed by atoms with Crippen LogP contribution in [-0.2, 0) is 4.79 Å². The lowest BCUT2D eigenvalue weighted by Crippen LogP contribution is -2.53. The van der Waals surface area contributed by atoms with Crippen LogP contribution in [0.5, 0.6) is 5.75 Å². The highest BCUT2D eigenvalue weighted by atomic mass is 35.5. The molecule has 2 aliphatic rings. The Morgan fingerprint density at radius 2 is 2.00 bits per heavy atom. The predicted octanol–water partition coefficient (Wildman–Crippen LogP) is 4.59. The molecule has 0 aliphatic carbocycles. The van der Waals surface area contributed by atoms with E-state index in [0.717, 1.165) is 5.69 Å². The van der Waals surface area contributed by atoms with Crippen LogP contribution < -0.4 is 15.0 Å². The Morgan fingerprint density at radius 1 is 1.23 bits per heavy atom. The first kappa shape index (κ1) is 20.8. The van der Waals surface area contributed by atoms with Crippen molar-refractivity contribution in [2.24, 2.45) is 0 Å². The molecule has 2 heterocycles. The summed E-state index contributed by atoms with van der Waals surface area (Å²) in [7, 11) is 1.60. The van der Waals surface area contributed by atoms with E-state index in [9.17, 15) is 14.0 Å². The SMILES string of the molecule is COc1cccc(N2C(=O)CSC23CCN(C(=O)Nc2ccc(F)c(Cl)c2)CC3)c1. The third kappa shape index (κ3) is 3.94. The molecule has 2 aliphatic heterocycles. The molecule has 1 N–H and O–H groups in total. The molecular formula is C21H21ClFN3O3S. The number of thioether (sulfide) groups is 1. The Morgan fingerprint density at radius 3 is 2.70 bits per heavy atom. The number of ether oxygens (including phenoxy) is 1. The second kappa shape index (κ2) is 8.35. The Bertz CT molecular complexity index is 982. The predicted molar refractivity (Wildman–Crippen MR) is 117 cm³/mol. The maximum atomic E-state index is 13.3. The first-order chi connectivity index (χ1) is 14.4. The number of rotatable bonds is 3. The van der Waals surface area contributed by atoms with E-state index in [1.165, 1.54) is 18.2 Å². The van der Waals surface area contributed by atoms with Gasteiger partial charge in [0, 0.05) is 30.5 Å². The number of benzene rings is 2. The van der Waals surface area contributed by atoms with E-state index in [0.29, 0.717) is 43.1 Å². The molecule has 0 radical (unpaired) electrons. The number of urea groups is 1. The van der Waals surface area contributed by atoms with Crippen LogP contribution in [0.25, 0.3) is 0 Å². The van der Waals surface area contributed by atoms with E-state index in [2.05, 4.69) is 5.32 Å². The summed E-state index contributed by atoms with van der Waals surface area (Å²) >= 11 is 7.42. The highest BCUT2D eigenvalue weighted by Gasteiger charge is 2.49. The lowest BCUT2D eigenvalue weighted by molar-refractivity contribution is -0.116. The van der Waals surface area contributed by atoms with Gasteiger partial charge in [0.05, 0.1) is 22.8 Å². The monoisotopic (exact) mass is 449 g/mol. The molecule has 0 aromatic heterocycles. The van der Waals surface area contributed by atoms with Gasteiger partial charge >= 0.3 is 6.03 Å². The summed E-state index contributed by atoms with van der Waals surface area (Å²) in [5.41, 5.74) is 1.25. The fraction of sp³-hybridized carbons (Fsp3) is 0.333. The van der Waals surface area contributed by atoms with Crippen molar-refractivity contribution in [2.75, 3.05) is 36.2 Å². The molecular weight excluding hydrogens is 429 g/mol. The van der Waals surface area contributed by atoms with Crippen LogP contribution in [0.1, 0.15) is 12.8 Å². The Labute approximate surface area is 183 Å². The summed E-state index contributed by atoms with van der Waals surface area (Å²) in [4.78, 5) is 28.5. The number of hydrogen-bond donors (Lipinski definition) is 1. The van der Waals surface area contributed by atoms with Gasteiger partial charge in [-0.25, -0.2) is 9.18 Å². The molecule has 6 nitrogen and oxygen atoms in total. The highest BCUT2D eigenvalue weighted by molar-refractivity contribution is 8.02. The summed E-state index contributed by atoms with van der Waals surface area (Å²) in [6.45, 7) is 1.00. The van der Waals surface area contributed by atoms with Gasteiger partial charge in [-0.3, -0.25) is 9.69 Å². The highest BCUT2D eigenvalue weighted by Crippen LogP contribution is 2.47. The zero-order chi connectivity index (χ0) is 21.3. The lowest BCUT2D eigenvalue weighted by atomic mass is 10.0.